The molecule has 2 heteroatoms. The van der Waals surface area contributed by atoms with Gasteiger partial charge in [-0.25, -0.2) is 0 Å². The number of carbonyl (C=O) groups excluding carboxylic acids is 1. The molecule has 126 valence electrons. The van der Waals surface area contributed by atoms with Gasteiger partial charge in [0, 0.05) is 25.6 Å². The van der Waals surface area contributed by atoms with Gasteiger partial charge in [-0.1, -0.05) is 73.7 Å². The summed E-state index contributed by atoms with van der Waals surface area (Å²) in [4.78, 5) is 13.5. The van der Waals surface area contributed by atoms with Crippen molar-refractivity contribution in [1.29, 1.82) is 0 Å². The monoisotopic (exact) mass is 321 g/mol. The molecule has 2 aromatic carbocycles. The van der Waals surface area contributed by atoms with Crippen molar-refractivity contribution in [2.24, 2.45) is 5.92 Å². The Morgan fingerprint density at radius 1 is 0.958 bits per heavy atom. The Morgan fingerprint density at radius 3 is 1.83 bits per heavy atom. The summed E-state index contributed by atoms with van der Waals surface area (Å²) in [5.41, 5.74) is 2.58. The predicted octanol–water partition coefficient (Wildman–Crippen LogP) is 4.86. The van der Waals surface area contributed by atoms with Gasteiger partial charge in [0.2, 0.25) is 0 Å². The molecule has 0 N–H and O–H groups in total. The van der Waals surface area contributed by atoms with E-state index < -0.39 is 0 Å². The van der Waals surface area contributed by atoms with E-state index in [4.69, 9.17) is 0 Å². The van der Waals surface area contributed by atoms with E-state index in [0.717, 1.165) is 25.8 Å². The number of rotatable bonds is 10. The van der Waals surface area contributed by atoms with Crippen LogP contribution >= 0.6 is 0 Å². The van der Waals surface area contributed by atoms with Crippen LogP contribution < -0.4 is 0 Å². The molecular weight excluding hydrogens is 294 g/mol. The molecule has 2 rings (SSSR count). The molecule has 0 heterocycles. The van der Waals surface area contributed by atoms with Crippen molar-refractivity contribution in [3.8, 4) is 0 Å². The van der Waals surface area contributed by atoms with Crippen LogP contribution in [0.1, 0.15) is 30.9 Å². The SMILES string of the molecule is C=C[C@@H](CC=O)[C@H](CC)N(Cc1ccccc1)Cc1ccccc1. The Kier molecular flexibility index (Phi) is 7.44. The zero-order valence-electron chi connectivity index (χ0n) is 14.5. The number of benzene rings is 2. The molecule has 2 atom stereocenters. The predicted molar refractivity (Wildman–Crippen MR) is 101 cm³/mol. The maximum atomic E-state index is 11.1. The third-order valence-corrected chi connectivity index (χ3v) is 4.51. The minimum Gasteiger partial charge on any atom is -0.303 e. The van der Waals surface area contributed by atoms with Crippen LogP contribution in [0.2, 0.25) is 0 Å². The van der Waals surface area contributed by atoms with E-state index in [1.807, 2.05) is 18.2 Å². The van der Waals surface area contributed by atoms with Gasteiger partial charge in [0.25, 0.3) is 0 Å². The molecule has 0 aliphatic carbocycles. The van der Waals surface area contributed by atoms with Crippen LogP contribution in [-0.2, 0) is 17.9 Å². The summed E-state index contributed by atoms with van der Waals surface area (Å²) in [6.07, 6.45) is 4.47. The molecule has 0 fully saturated rings. The van der Waals surface area contributed by atoms with E-state index in [-0.39, 0.29) is 5.92 Å². The van der Waals surface area contributed by atoms with E-state index in [1.54, 1.807) is 0 Å². The van der Waals surface area contributed by atoms with Crippen molar-refractivity contribution in [3.05, 3.63) is 84.4 Å². The highest BCUT2D eigenvalue weighted by molar-refractivity contribution is 5.50. The van der Waals surface area contributed by atoms with Crippen LogP contribution in [0.3, 0.4) is 0 Å². The molecule has 2 nitrogen and oxygen atoms in total. The molecule has 0 saturated heterocycles. The first kappa shape index (κ1) is 18.2. The Balaban J connectivity index is 2.25. The van der Waals surface area contributed by atoms with Gasteiger partial charge >= 0.3 is 0 Å². The highest BCUT2D eigenvalue weighted by atomic mass is 16.1. The molecule has 0 aliphatic rings. The second-order valence-corrected chi connectivity index (χ2v) is 6.15. The summed E-state index contributed by atoms with van der Waals surface area (Å²) in [5, 5.41) is 0. The van der Waals surface area contributed by atoms with Gasteiger partial charge < -0.3 is 4.79 Å². The number of aldehydes is 1. The van der Waals surface area contributed by atoms with E-state index >= 15 is 0 Å². The van der Waals surface area contributed by atoms with Crippen LogP contribution in [0.25, 0.3) is 0 Å². The largest absolute Gasteiger partial charge is 0.303 e. The van der Waals surface area contributed by atoms with Gasteiger partial charge in [-0.15, -0.1) is 6.58 Å². The van der Waals surface area contributed by atoms with Crippen molar-refractivity contribution in [1.82, 2.24) is 4.90 Å². The standard InChI is InChI=1S/C22H27NO/c1-3-21(15-16-24)22(4-2)23(17-19-11-7-5-8-12-19)18-20-13-9-6-10-14-20/h3,5-14,16,21-22H,1,4,15,17-18H2,2H3/t21-,22-/m0/s1. The maximum absolute atomic E-state index is 11.1. The summed E-state index contributed by atoms with van der Waals surface area (Å²) in [6, 6.07) is 21.3. The number of hydrogen-bond donors (Lipinski definition) is 0. The molecule has 24 heavy (non-hydrogen) atoms. The lowest BCUT2D eigenvalue weighted by molar-refractivity contribution is -0.108. The summed E-state index contributed by atoms with van der Waals surface area (Å²) >= 11 is 0. The summed E-state index contributed by atoms with van der Waals surface area (Å²) in [6.45, 7) is 7.89. The molecule has 0 spiro atoms. The second kappa shape index (κ2) is 9.84. The van der Waals surface area contributed by atoms with E-state index in [0.29, 0.717) is 12.5 Å². The van der Waals surface area contributed by atoms with E-state index in [9.17, 15) is 4.79 Å². The normalized spacial score (nSPS) is 13.4. The topological polar surface area (TPSA) is 20.3 Å². The fourth-order valence-corrected chi connectivity index (χ4v) is 3.28. The van der Waals surface area contributed by atoms with Gasteiger partial charge in [0.1, 0.15) is 6.29 Å². The van der Waals surface area contributed by atoms with Gasteiger partial charge in [-0.3, -0.25) is 4.90 Å². The van der Waals surface area contributed by atoms with Crippen LogP contribution in [0.5, 0.6) is 0 Å². The lowest BCUT2D eigenvalue weighted by Crippen LogP contribution is -2.39. The van der Waals surface area contributed by atoms with E-state index in [1.165, 1.54) is 11.1 Å². The van der Waals surface area contributed by atoms with Crippen LogP contribution in [-0.4, -0.2) is 17.2 Å². The van der Waals surface area contributed by atoms with Crippen molar-refractivity contribution < 1.29 is 4.79 Å². The summed E-state index contributed by atoms with van der Waals surface area (Å²) in [7, 11) is 0. The van der Waals surface area contributed by atoms with Crippen molar-refractivity contribution in [2.45, 2.75) is 38.9 Å². The lowest BCUT2D eigenvalue weighted by atomic mass is 9.92. The second-order valence-electron chi connectivity index (χ2n) is 6.15. The van der Waals surface area contributed by atoms with Crippen LogP contribution in [0, 0.1) is 5.92 Å². The Morgan fingerprint density at radius 2 is 1.46 bits per heavy atom. The first-order valence-electron chi connectivity index (χ1n) is 8.66. The smallest absolute Gasteiger partial charge is 0.120 e. The average molecular weight is 321 g/mol. The minimum absolute atomic E-state index is 0.180. The fourth-order valence-electron chi connectivity index (χ4n) is 3.28. The molecule has 0 aromatic heterocycles. The fraction of sp³-hybridized carbons (Fsp3) is 0.318. The highest BCUT2D eigenvalue weighted by Gasteiger charge is 2.24. The third-order valence-electron chi connectivity index (χ3n) is 4.51. The van der Waals surface area contributed by atoms with Gasteiger partial charge in [0.05, 0.1) is 0 Å². The first-order valence-corrected chi connectivity index (χ1v) is 8.66. The molecule has 0 bridgehead atoms. The maximum Gasteiger partial charge on any atom is 0.120 e. The highest BCUT2D eigenvalue weighted by Crippen LogP contribution is 2.23. The zero-order valence-corrected chi connectivity index (χ0v) is 14.5. The summed E-state index contributed by atoms with van der Waals surface area (Å²) in [5.74, 6) is 0.180. The molecule has 0 amide bonds. The molecule has 0 aliphatic heterocycles. The van der Waals surface area contributed by atoms with Gasteiger partial charge in [-0.05, 0) is 23.5 Å². The van der Waals surface area contributed by atoms with Crippen LogP contribution in [0.15, 0.2) is 73.3 Å². The third kappa shape index (κ3) is 5.17. The van der Waals surface area contributed by atoms with Crippen LogP contribution in [0.4, 0.5) is 0 Å². The van der Waals surface area contributed by atoms with Crippen molar-refractivity contribution in [3.63, 3.8) is 0 Å². The number of hydrogen-bond acceptors (Lipinski definition) is 2. The van der Waals surface area contributed by atoms with Crippen molar-refractivity contribution in [2.75, 3.05) is 0 Å². The molecule has 0 radical (unpaired) electrons. The van der Waals surface area contributed by atoms with Crippen molar-refractivity contribution >= 4 is 6.29 Å². The van der Waals surface area contributed by atoms with Gasteiger partial charge in [0.15, 0.2) is 0 Å². The molecule has 0 saturated carbocycles. The quantitative estimate of drug-likeness (QED) is 0.460. The summed E-state index contributed by atoms with van der Waals surface area (Å²) < 4.78 is 0. The lowest BCUT2D eigenvalue weighted by Gasteiger charge is -2.35. The zero-order chi connectivity index (χ0) is 17.2. The Bertz CT molecular complexity index is 567. The number of carbonyl (C=O) groups is 1. The number of nitrogens with zero attached hydrogens (tertiary/aromatic N) is 1. The molecule has 2 aromatic rings. The first-order chi connectivity index (χ1) is 11.8. The molecule has 0 unspecified atom stereocenters. The Labute approximate surface area is 145 Å². The average Bonchev–Trinajstić information content (AvgIpc) is 2.63. The Hall–Kier alpha value is -2.19. The minimum atomic E-state index is 0.180. The van der Waals surface area contributed by atoms with Gasteiger partial charge in [-0.2, -0.15) is 0 Å². The molecular formula is C22H27NO. The van der Waals surface area contributed by atoms with E-state index in [2.05, 4.69) is 66.9 Å².